The van der Waals surface area contributed by atoms with Crippen molar-refractivity contribution in [2.75, 3.05) is 20.0 Å². The van der Waals surface area contributed by atoms with Crippen molar-refractivity contribution in [2.45, 2.75) is 12.8 Å². The van der Waals surface area contributed by atoms with E-state index in [1.807, 2.05) is 40.9 Å². The molecule has 2 heterocycles. The summed E-state index contributed by atoms with van der Waals surface area (Å²) in [6.45, 7) is 0. The van der Waals surface area contributed by atoms with Gasteiger partial charge in [-0.1, -0.05) is 6.07 Å². The second kappa shape index (κ2) is 5.93. The van der Waals surface area contributed by atoms with Crippen molar-refractivity contribution in [3.8, 4) is 11.5 Å². The molecule has 0 saturated carbocycles. The fraction of sp³-hybridized carbons (Fsp3) is 0.250. The van der Waals surface area contributed by atoms with E-state index in [9.17, 15) is 0 Å². The lowest BCUT2D eigenvalue weighted by Gasteiger charge is -2.09. The Labute approximate surface area is 128 Å². The number of fused-ring (bicyclic) bond motifs is 1. The van der Waals surface area contributed by atoms with E-state index in [0.717, 1.165) is 35.7 Å². The molecule has 0 fully saturated rings. The number of methoxy groups -OCH3 is 2. The summed E-state index contributed by atoms with van der Waals surface area (Å²) >= 11 is 0. The molecular formula is C16H18N4O2. The zero-order valence-corrected chi connectivity index (χ0v) is 12.6. The quantitative estimate of drug-likeness (QED) is 0.781. The lowest BCUT2D eigenvalue weighted by molar-refractivity contribution is 0.354. The number of hydrogen-bond acceptors (Lipinski definition) is 5. The molecule has 6 nitrogen and oxygen atoms in total. The maximum atomic E-state index is 5.89. The molecule has 0 aliphatic rings. The molecule has 1 aromatic carbocycles. The van der Waals surface area contributed by atoms with Crippen LogP contribution in [-0.4, -0.2) is 28.8 Å². The monoisotopic (exact) mass is 298 g/mol. The van der Waals surface area contributed by atoms with Crippen LogP contribution in [0.4, 0.5) is 5.69 Å². The van der Waals surface area contributed by atoms with Gasteiger partial charge in [-0.2, -0.15) is 0 Å². The first-order chi connectivity index (χ1) is 10.7. The van der Waals surface area contributed by atoms with E-state index in [1.165, 1.54) is 0 Å². The van der Waals surface area contributed by atoms with E-state index in [-0.39, 0.29) is 0 Å². The number of aromatic nitrogens is 3. The normalized spacial score (nSPS) is 10.8. The van der Waals surface area contributed by atoms with Crippen LogP contribution in [0.1, 0.15) is 11.4 Å². The van der Waals surface area contributed by atoms with Crippen LogP contribution in [0, 0.1) is 0 Å². The number of nitrogens with zero attached hydrogens (tertiary/aromatic N) is 3. The Morgan fingerprint density at radius 1 is 1.05 bits per heavy atom. The van der Waals surface area contributed by atoms with Crippen molar-refractivity contribution >= 4 is 11.3 Å². The topological polar surface area (TPSA) is 74.7 Å². The average Bonchev–Trinajstić information content (AvgIpc) is 2.97. The predicted molar refractivity (Wildman–Crippen MR) is 84.4 cm³/mol. The molecule has 0 radical (unpaired) electrons. The Bertz CT molecular complexity index is 798. The minimum Gasteiger partial charge on any atom is -0.493 e. The second-order valence-corrected chi connectivity index (χ2v) is 4.96. The van der Waals surface area contributed by atoms with Gasteiger partial charge in [0.05, 0.1) is 19.9 Å². The van der Waals surface area contributed by atoms with E-state index in [0.29, 0.717) is 11.3 Å². The number of anilines is 1. The maximum absolute atomic E-state index is 5.89. The van der Waals surface area contributed by atoms with Crippen LogP contribution in [0.3, 0.4) is 0 Å². The standard InChI is InChI=1S/C16H18N4O2/c1-21-13-7-5-11(10-14(13)22-2)6-8-15-18-19-16-12(17)4-3-9-20(15)16/h3-5,7,9-10H,6,8,17H2,1-2H3. The maximum Gasteiger partial charge on any atom is 0.183 e. The highest BCUT2D eigenvalue weighted by Gasteiger charge is 2.09. The van der Waals surface area contributed by atoms with Crippen LogP contribution in [-0.2, 0) is 12.8 Å². The van der Waals surface area contributed by atoms with Crippen molar-refractivity contribution in [3.63, 3.8) is 0 Å². The number of rotatable bonds is 5. The molecular weight excluding hydrogens is 280 g/mol. The van der Waals surface area contributed by atoms with E-state index in [4.69, 9.17) is 15.2 Å². The van der Waals surface area contributed by atoms with Gasteiger partial charge in [0, 0.05) is 12.6 Å². The molecule has 0 unspecified atom stereocenters. The number of hydrogen-bond donors (Lipinski definition) is 1. The lowest BCUT2D eigenvalue weighted by atomic mass is 10.1. The van der Waals surface area contributed by atoms with E-state index >= 15 is 0 Å². The fourth-order valence-electron chi connectivity index (χ4n) is 2.45. The number of nitrogens with two attached hydrogens (primary N) is 1. The smallest absolute Gasteiger partial charge is 0.183 e. The average molecular weight is 298 g/mol. The Balaban J connectivity index is 1.81. The first kappa shape index (κ1) is 14.2. The number of nitrogen functional groups attached to an aromatic ring is 1. The van der Waals surface area contributed by atoms with Crippen LogP contribution < -0.4 is 15.2 Å². The van der Waals surface area contributed by atoms with Gasteiger partial charge >= 0.3 is 0 Å². The minimum atomic E-state index is 0.632. The first-order valence-electron chi connectivity index (χ1n) is 7.02. The molecule has 0 amide bonds. The molecule has 0 saturated heterocycles. The number of ether oxygens (including phenoxy) is 2. The second-order valence-electron chi connectivity index (χ2n) is 4.96. The number of benzene rings is 1. The third-order valence-electron chi connectivity index (χ3n) is 3.62. The van der Waals surface area contributed by atoms with E-state index in [2.05, 4.69) is 10.2 Å². The highest BCUT2D eigenvalue weighted by molar-refractivity contribution is 5.63. The highest BCUT2D eigenvalue weighted by Crippen LogP contribution is 2.28. The summed E-state index contributed by atoms with van der Waals surface area (Å²) < 4.78 is 12.5. The molecule has 0 aliphatic heterocycles. The van der Waals surface area contributed by atoms with E-state index < -0.39 is 0 Å². The molecule has 0 spiro atoms. The molecule has 22 heavy (non-hydrogen) atoms. The highest BCUT2D eigenvalue weighted by atomic mass is 16.5. The van der Waals surface area contributed by atoms with Crippen molar-refractivity contribution in [3.05, 3.63) is 47.9 Å². The number of aryl methyl sites for hydroxylation is 2. The van der Waals surface area contributed by atoms with Crippen LogP contribution in [0.15, 0.2) is 36.5 Å². The predicted octanol–water partition coefficient (Wildman–Crippen LogP) is 2.11. The fourth-order valence-corrected chi connectivity index (χ4v) is 2.45. The molecule has 2 N–H and O–H groups in total. The first-order valence-corrected chi connectivity index (χ1v) is 7.02. The van der Waals surface area contributed by atoms with Gasteiger partial charge in [0.15, 0.2) is 17.1 Å². The van der Waals surface area contributed by atoms with Gasteiger partial charge in [0.2, 0.25) is 0 Å². The van der Waals surface area contributed by atoms with E-state index in [1.54, 1.807) is 14.2 Å². The molecule has 6 heteroatoms. The summed E-state index contributed by atoms with van der Waals surface area (Å²) in [4.78, 5) is 0. The molecule has 3 aromatic rings. The van der Waals surface area contributed by atoms with Crippen LogP contribution >= 0.6 is 0 Å². The third-order valence-corrected chi connectivity index (χ3v) is 3.62. The van der Waals surface area contributed by atoms with Gasteiger partial charge in [-0.25, -0.2) is 0 Å². The summed E-state index contributed by atoms with van der Waals surface area (Å²) in [6, 6.07) is 9.64. The molecule has 0 atom stereocenters. The van der Waals surface area contributed by atoms with Crippen LogP contribution in [0.2, 0.25) is 0 Å². The molecule has 0 aliphatic carbocycles. The van der Waals surface area contributed by atoms with Gasteiger partial charge in [-0.3, -0.25) is 4.40 Å². The van der Waals surface area contributed by atoms with Gasteiger partial charge in [0.1, 0.15) is 5.82 Å². The lowest BCUT2D eigenvalue weighted by Crippen LogP contribution is -2.00. The zero-order valence-electron chi connectivity index (χ0n) is 12.6. The van der Waals surface area contributed by atoms with Gasteiger partial charge in [-0.05, 0) is 36.2 Å². The number of pyridine rings is 1. The molecule has 2 aromatic heterocycles. The minimum absolute atomic E-state index is 0.632. The Kier molecular flexibility index (Phi) is 3.82. The summed E-state index contributed by atoms with van der Waals surface area (Å²) in [6.07, 6.45) is 3.52. The third kappa shape index (κ3) is 2.55. The van der Waals surface area contributed by atoms with Gasteiger partial charge in [0.25, 0.3) is 0 Å². The summed E-state index contributed by atoms with van der Waals surface area (Å²) in [5.74, 6) is 2.35. The van der Waals surface area contributed by atoms with Crippen molar-refractivity contribution < 1.29 is 9.47 Å². The Morgan fingerprint density at radius 3 is 2.64 bits per heavy atom. The molecule has 3 rings (SSSR count). The SMILES string of the molecule is COc1ccc(CCc2nnc3c(N)cccn23)cc1OC. The van der Waals surface area contributed by atoms with Crippen molar-refractivity contribution in [1.82, 2.24) is 14.6 Å². The summed E-state index contributed by atoms with van der Waals surface area (Å²) in [5.41, 5.74) is 8.37. The van der Waals surface area contributed by atoms with Gasteiger partial charge < -0.3 is 15.2 Å². The van der Waals surface area contributed by atoms with Crippen molar-refractivity contribution in [1.29, 1.82) is 0 Å². The largest absolute Gasteiger partial charge is 0.493 e. The Morgan fingerprint density at radius 2 is 1.86 bits per heavy atom. The molecule has 114 valence electrons. The van der Waals surface area contributed by atoms with Crippen molar-refractivity contribution in [2.24, 2.45) is 0 Å². The van der Waals surface area contributed by atoms with Gasteiger partial charge in [-0.15, -0.1) is 10.2 Å². The summed E-state index contributed by atoms with van der Waals surface area (Å²) in [7, 11) is 3.26. The summed E-state index contributed by atoms with van der Waals surface area (Å²) in [5, 5.41) is 8.36. The van der Waals surface area contributed by atoms with Crippen LogP contribution in [0.5, 0.6) is 11.5 Å². The molecule has 0 bridgehead atoms. The van der Waals surface area contributed by atoms with Crippen LogP contribution in [0.25, 0.3) is 5.65 Å². The Hall–Kier alpha value is -2.76. The zero-order chi connectivity index (χ0) is 15.5.